The Morgan fingerprint density at radius 1 is 0.854 bits per heavy atom. The summed E-state index contributed by atoms with van der Waals surface area (Å²) in [6.07, 6.45) is 0.150. The van der Waals surface area contributed by atoms with Crippen molar-refractivity contribution in [1.29, 1.82) is 0 Å². The number of piperazine rings is 1. The summed E-state index contributed by atoms with van der Waals surface area (Å²) in [6.45, 7) is 6.61. The first-order valence-corrected chi connectivity index (χ1v) is 13.8. The summed E-state index contributed by atoms with van der Waals surface area (Å²) in [5, 5.41) is 0. The van der Waals surface area contributed by atoms with Gasteiger partial charge in [-0.15, -0.1) is 0 Å². The normalized spacial score (nSPS) is 18.2. The van der Waals surface area contributed by atoms with E-state index in [9.17, 15) is 19.2 Å². The van der Waals surface area contributed by atoms with E-state index in [0.29, 0.717) is 55.5 Å². The van der Waals surface area contributed by atoms with Gasteiger partial charge in [-0.3, -0.25) is 33.0 Å². The number of anilines is 2. The maximum Gasteiger partial charge on any atom is 0.332 e. The Hall–Kier alpha value is -4.51. The number of imide groups is 1. The summed E-state index contributed by atoms with van der Waals surface area (Å²) < 4.78 is 4.41. The van der Waals surface area contributed by atoms with Gasteiger partial charge in [0.15, 0.2) is 11.2 Å². The molecular formula is C30H33N7O4. The zero-order valence-corrected chi connectivity index (χ0v) is 23.7. The number of aryl methyl sites for hydroxylation is 3. The van der Waals surface area contributed by atoms with Crippen LogP contribution in [0.2, 0.25) is 0 Å². The first kappa shape index (κ1) is 26.7. The van der Waals surface area contributed by atoms with Crippen LogP contribution in [0.15, 0.2) is 58.1 Å². The topological polar surface area (TPSA) is 106 Å². The third kappa shape index (κ3) is 4.55. The second kappa shape index (κ2) is 10.2. The van der Waals surface area contributed by atoms with Crippen LogP contribution in [0.25, 0.3) is 11.2 Å². The van der Waals surface area contributed by atoms with Crippen molar-refractivity contribution in [3.63, 3.8) is 0 Å². The van der Waals surface area contributed by atoms with Gasteiger partial charge in [0.1, 0.15) is 0 Å². The molecule has 2 fully saturated rings. The van der Waals surface area contributed by atoms with Crippen molar-refractivity contribution >= 4 is 34.6 Å². The van der Waals surface area contributed by atoms with E-state index in [1.54, 1.807) is 7.05 Å². The van der Waals surface area contributed by atoms with Gasteiger partial charge < -0.3 is 4.90 Å². The number of nitrogens with zero attached hydrogens (tertiary/aromatic N) is 7. The number of rotatable bonds is 5. The number of carbonyl (C=O) groups excluding carboxylic acids is 2. The molecular weight excluding hydrogens is 522 g/mol. The molecule has 1 atom stereocenters. The van der Waals surface area contributed by atoms with Crippen LogP contribution >= 0.6 is 0 Å². The average molecular weight is 556 g/mol. The van der Waals surface area contributed by atoms with Crippen molar-refractivity contribution in [1.82, 2.24) is 23.6 Å². The quantitative estimate of drug-likeness (QED) is 0.344. The number of imidazole rings is 1. The average Bonchev–Trinajstić information content (AvgIpc) is 3.48. The fourth-order valence-electron chi connectivity index (χ4n) is 5.92. The molecule has 212 valence electrons. The predicted octanol–water partition coefficient (Wildman–Crippen LogP) is 1.55. The first-order valence-electron chi connectivity index (χ1n) is 13.8. The Balaban J connectivity index is 1.29. The lowest BCUT2D eigenvalue weighted by atomic mass is 10.1. The van der Waals surface area contributed by atoms with Crippen LogP contribution in [0.5, 0.6) is 0 Å². The minimum atomic E-state index is -0.509. The lowest BCUT2D eigenvalue weighted by molar-refractivity contribution is -0.123. The Morgan fingerprint density at radius 2 is 1.56 bits per heavy atom. The fraction of sp³-hybridized carbons (Fsp3) is 0.367. The molecule has 1 unspecified atom stereocenters. The largest absolute Gasteiger partial charge is 0.340 e. The number of fused-ring (bicyclic) bond motifs is 1. The van der Waals surface area contributed by atoms with E-state index in [2.05, 4.69) is 15.9 Å². The standard InChI is InChI=1S/C30H33N7O4/c1-19-8-10-22(11-9-19)37-24(38)17-23(27(37)39)34-12-14-35(15-13-34)29-31-26-25(28(40)33(4)30(41)32(26)3)36(29)18-21-7-5-6-20(2)16-21/h5-11,16,23H,12-15,17-18H2,1-4H3. The second-order valence-corrected chi connectivity index (χ2v) is 11.0. The molecule has 0 saturated carbocycles. The van der Waals surface area contributed by atoms with Crippen LogP contribution in [0, 0.1) is 13.8 Å². The maximum atomic E-state index is 13.4. The van der Waals surface area contributed by atoms with Crippen LogP contribution < -0.4 is 21.0 Å². The summed E-state index contributed by atoms with van der Waals surface area (Å²) in [7, 11) is 3.10. The zero-order chi connectivity index (χ0) is 29.0. The molecule has 2 amide bonds. The van der Waals surface area contributed by atoms with Gasteiger partial charge in [0.2, 0.25) is 11.9 Å². The van der Waals surface area contributed by atoms with Crippen LogP contribution in [-0.2, 0) is 30.2 Å². The van der Waals surface area contributed by atoms with Gasteiger partial charge >= 0.3 is 5.69 Å². The van der Waals surface area contributed by atoms with Crippen molar-refractivity contribution in [2.75, 3.05) is 36.0 Å². The molecule has 2 saturated heterocycles. The molecule has 0 radical (unpaired) electrons. The van der Waals surface area contributed by atoms with Crippen LogP contribution in [0.1, 0.15) is 23.1 Å². The monoisotopic (exact) mass is 555 g/mol. The van der Waals surface area contributed by atoms with Crippen molar-refractivity contribution in [2.45, 2.75) is 32.9 Å². The number of amides is 2. The van der Waals surface area contributed by atoms with E-state index in [4.69, 9.17) is 4.98 Å². The maximum absolute atomic E-state index is 13.4. The lowest BCUT2D eigenvalue weighted by Crippen LogP contribution is -2.53. The molecule has 2 aromatic carbocycles. The summed E-state index contributed by atoms with van der Waals surface area (Å²) in [6, 6.07) is 15.0. The Morgan fingerprint density at radius 3 is 2.24 bits per heavy atom. The molecule has 0 bridgehead atoms. The van der Waals surface area contributed by atoms with Crippen molar-refractivity contribution in [2.24, 2.45) is 14.1 Å². The first-order chi connectivity index (χ1) is 19.6. The molecule has 2 aromatic heterocycles. The highest BCUT2D eigenvalue weighted by molar-refractivity contribution is 6.22. The van der Waals surface area contributed by atoms with Gasteiger partial charge in [0.25, 0.3) is 11.5 Å². The number of carbonyl (C=O) groups is 2. The Kier molecular flexibility index (Phi) is 6.61. The Bertz CT molecular complexity index is 1790. The number of hydrogen-bond donors (Lipinski definition) is 0. The molecule has 11 heteroatoms. The van der Waals surface area contributed by atoms with Crippen LogP contribution in [0.4, 0.5) is 11.6 Å². The van der Waals surface area contributed by atoms with Gasteiger partial charge in [-0.25, -0.2) is 9.69 Å². The third-order valence-electron chi connectivity index (χ3n) is 8.20. The molecule has 4 aromatic rings. The minimum Gasteiger partial charge on any atom is -0.340 e. The molecule has 0 N–H and O–H groups in total. The highest BCUT2D eigenvalue weighted by Gasteiger charge is 2.43. The summed E-state index contributed by atoms with van der Waals surface area (Å²) in [5.41, 5.74) is 3.69. The third-order valence-corrected chi connectivity index (χ3v) is 8.20. The summed E-state index contributed by atoms with van der Waals surface area (Å²) in [4.78, 5) is 62.5. The molecule has 2 aliphatic heterocycles. The number of aromatic nitrogens is 4. The van der Waals surface area contributed by atoms with Crippen LogP contribution in [0.3, 0.4) is 0 Å². The highest BCUT2D eigenvalue weighted by atomic mass is 16.2. The number of hydrogen-bond acceptors (Lipinski definition) is 7. The molecule has 0 spiro atoms. The van der Waals surface area contributed by atoms with Gasteiger partial charge in [-0.2, -0.15) is 4.98 Å². The summed E-state index contributed by atoms with van der Waals surface area (Å²) >= 11 is 0. The van der Waals surface area contributed by atoms with Crippen molar-refractivity contribution in [3.05, 3.63) is 86.1 Å². The van der Waals surface area contributed by atoms with E-state index in [0.717, 1.165) is 21.3 Å². The Labute approximate surface area is 236 Å². The molecule has 0 aliphatic carbocycles. The zero-order valence-electron chi connectivity index (χ0n) is 23.7. The minimum absolute atomic E-state index is 0.150. The van der Waals surface area contributed by atoms with Crippen molar-refractivity contribution in [3.8, 4) is 0 Å². The van der Waals surface area contributed by atoms with Gasteiger partial charge in [-0.05, 0) is 31.5 Å². The van der Waals surface area contributed by atoms with E-state index >= 15 is 0 Å². The van der Waals surface area contributed by atoms with Crippen molar-refractivity contribution < 1.29 is 9.59 Å². The second-order valence-electron chi connectivity index (χ2n) is 11.0. The van der Waals surface area contributed by atoms with Gasteiger partial charge in [-0.1, -0.05) is 47.5 Å². The molecule has 6 rings (SSSR count). The molecule has 2 aliphatic rings. The van der Waals surface area contributed by atoms with E-state index in [1.165, 1.54) is 16.5 Å². The highest BCUT2D eigenvalue weighted by Crippen LogP contribution is 2.28. The van der Waals surface area contributed by atoms with E-state index in [-0.39, 0.29) is 23.8 Å². The number of benzene rings is 2. The summed E-state index contributed by atoms with van der Waals surface area (Å²) in [5.74, 6) is 0.218. The van der Waals surface area contributed by atoms with Gasteiger partial charge in [0, 0.05) is 40.3 Å². The predicted molar refractivity (Wildman–Crippen MR) is 156 cm³/mol. The SMILES string of the molecule is Cc1ccc(N2C(=O)CC(N3CCN(c4nc5c(c(=O)n(C)c(=O)n5C)n4Cc4cccc(C)c4)CC3)C2=O)cc1. The van der Waals surface area contributed by atoms with Crippen LogP contribution in [-0.4, -0.2) is 67.6 Å². The molecule has 41 heavy (non-hydrogen) atoms. The fourth-order valence-corrected chi connectivity index (χ4v) is 5.92. The van der Waals surface area contributed by atoms with E-state index < -0.39 is 11.7 Å². The smallest absolute Gasteiger partial charge is 0.332 e. The molecule has 4 heterocycles. The van der Waals surface area contributed by atoms with E-state index in [1.807, 2.05) is 60.9 Å². The van der Waals surface area contributed by atoms with Gasteiger partial charge in [0.05, 0.1) is 24.7 Å². The lowest BCUT2D eigenvalue weighted by Gasteiger charge is -2.37. The molecule has 11 nitrogen and oxygen atoms in total.